The molecular formula is C15H18FNO3. The number of piperidine rings is 1. The fourth-order valence-corrected chi connectivity index (χ4v) is 2.44. The molecule has 1 aliphatic rings. The van der Waals surface area contributed by atoms with E-state index in [-0.39, 0.29) is 17.5 Å². The van der Waals surface area contributed by atoms with Gasteiger partial charge in [-0.2, -0.15) is 0 Å². The van der Waals surface area contributed by atoms with Gasteiger partial charge in [0, 0.05) is 18.8 Å². The van der Waals surface area contributed by atoms with Crippen LogP contribution in [0.5, 0.6) is 0 Å². The molecule has 0 bridgehead atoms. The van der Waals surface area contributed by atoms with Gasteiger partial charge in [-0.15, -0.1) is 0 Å². The van der Waals surface area contributed by atoms with Crippen molar-refractivity contribution in [1.29, 1.82) is 0 Å². The highest BCUT2D eigenvalue weighted by molar-refractivity contribution is 5.76. The summed E-state index contributed by atoms with van der Waals surface area (Å²) in [4.78, 5) is 24.2. The average molecular weight is 279 g/mol. The maximum absolute atomic E-state index is 13.6. The van der Waals surface area contributed by atoms with E-state index in [0.717, 1.165) is 5.69 Å². The second-order valence-corrected chi connectivity index (χ2v) is 4.84. The number of carbonyl (C=O) groups excluding carboxylic acids is 2. The van der Waals surface area contributed by atoms with Gasteiger partial charge in [0.05, 0.1) is 18.1 Å². The first-order chi connectivity index (χ1) is 9.65. The average Bonchev–Trinajstić information content (AvgIpc) is 2.47. The molecule has 0 radical (unpaired) electrons. The number of esters is 1. The molecular weight excluding hydrogens is 261 g/mol. The quantitative estimate of drug-likeness (QED) is 0.627. The predicted octanol–water partition coefficient (Wildman–Crippen LogP) is 2.42. The molecule has 0 saturated carbocycles. The van der Waals surface area contributed by atoms with Crippen LogP contribution in [0.3, 0.4) is 0 Å². The smallest absolute Gasteiger partial charge is 0.309 e. The number of aldehydes is 1. The number of benzene rings is 1. The summed E-state index contributed by atoms with van der Waals surface area (Å²) in [6.45, 7) is 3.56. The fraction of sp³-hybridized carbons (Fsp3) is 0.467. The lowest BCUT2D eigenvalue weighted by atomic mass is 9.96. The summed E-state index contributed by atoms with van der Waals surface area (Å²) in [5.41, 5.74) is 0.811. The molecule has 1 aromatic rings. The van der Waals surface area contributed by atoms with Gasteiger partial charge in [0.15, 0.2) is 6.29 Å². The molecule has 0 atom stereocenters. The van der Waals surface area contributed by atoms with Gasteiger partial charge in [-0.1, -0.05) is 0 Å². The molecule has 5 heteroatoms. The van der Waals surface area contributed by atoms with E-state index in [0.29, 0.717) is 38.8 Å². The SMILES string of the molecule is CCOC(=O)C1CCN(c2ccc(C=O)c(F)c2)CC1. The molecule has 4 nitrogen and oxygen atoms in total. The summed E-state index contributed by atoms with van der Waals surface area (Å²) in [6.07, 6.45) is 1.91. The molecule has 0 amide bonds. The lowest BCUT2D eigenvalue weighted by Crippen LogP contribution is -2.37. The summed E-state index contributed by atoms with van der Waals surface area (Å²) in [5.74, 6) is -0.718. The van der Waals surface area contributed by atoms with Crippen molar-refractivity contribution in [2.24, 2.45) is 5.92 Å². The third kappa shape index (κ3) is 3.15. The molecule has 1 fully saturated rings. The van der Waals surface area contributed by atoms with Gasteiger partial charge in [-0.05, 0) is 38.0 Å². The molecule has 0 spiro atoms. The zero-order valence-corrected chi connectivity index (χ0v) is 11.5. The number of ether oxygens (including phenoxy) is 1. The molecule has 1 aliphatic heterocycles. The second kappa shape index (κ2) is 6.50. The largest absolute Gasteiger partial charge is 0.466 e. The minimum absolute atomic E-state index is 0.0645. The monoisotopic (exact) mass is 279 g/mol. The van der Waals surface area contributed by atoms with Crippen LogP contribution in [0.2, 0.25) is 0 Å². The number of hydrogen-bond acceptors (Lipinski definition) is 4. The van der Waals surface area contributed by atoms with Crippen LogP contribution in [0.1, 0.15) is 30.1 Å². The fourth-order valence-electron chi connectivity index (χ4n) is 2.44. The Morgan fingerprint density at radius 2 is 2.15 bits per heavy atom. The Morgan fingerprint density at radius 1 is 1.45 bits per heavy atom. The highest BCUT2D eigenvalue weighted by Gasteiger charge is 2.26. The number of rotatable bonds is 4. The van der Waals surface area contributed by atoms with Crippen molar-refractivity contribution >= 4 is 17.9 Å². The van der Waals surface area contributed by atoms with Crippen LogP contribution < -0.4 is 4.90 Å². The summed E-state index contributed by atoms with van der Waals surface area (Å²) in [5, 5.41) is 0. The molecule has 0 aliphatic carbocycles. The third-order valence-electron chi connectivity index (χ3n) is 3.59. The number of carbonyl (C=O) groups is 2. The van der Waals surface area contributed by atoms with E-state index in [9.17, 15) is 14.0 Å². The molecule has 0 unspecified atom stereocenters. The van der Waals surface area contributed by atoms with E-state index in [1.165, 1.54) is 12.1 Å². The van der Waals surface area contributed by atoms with Gasteiger partial charge in [0.25, 0.3) is 0 Å². The molecule has 0 N–H and O–H groups in total. The van der Waals surface area contributed by atoms with Crippen LogP contribution in [0, 0.1) is 11.7 Å². The minimum atomic E-state index is -0.509. The van der Waals surface area contributed by atoms with Crippen molar-refractivity contribution in [3.63, 3.8) is 0 Å². The lowest BCUT2D eigenvalue weighted by molar-refractivity contribution is -0.148. The van der Waals surface area contributed by atoms with Gasteiger partial charge in [0.2, 0.25) is 0 Å². The molecule has 1 heterocycles. The van der Waals surface area contributed by atoms with Gasteiger partial charge >= 0.3 is 5.97 Å². The molecule has 2 rings (SSSR count). The van der Waals surface area contributed by atoms with Gasteiger partial charge in [-0.25, -0.2) is 4.39 Å². The molecule has 1 saturated heterocycles. The van der Waals surface area contributed by atoms with E-state index in [4.69, 9.17) is 4.74 Å². The van der Waals surface area contributed by atoms with Crippen molar-refractivity contribution in [3.8, 4) is 0 Å². The third-order valence-corrected chi connectivity index (χ3v) is 3.59. The van der Waals surface area contributed by atoms with Crippen LogP contribution >= 0.6 is 0 Å². The van der Waals surface area contributed by atoms with Crippen molar-refractivity contribution < 1.29 is 18.7 Å². The van der Waals surface area contributed by atoms with E-state index >= 15 is 0 Å². The Bertz CT molecular complexity index is 496. The molecule has 108 valence electrons. The van der Waals surface area contributed by atoms with Crippen molar-refractivity contribution in [3.05, 3.63) is 29.6 Å². The van der Waals surface area contributed by atoms with Crippen LogP contribution in [-0.4, -0.2) is 32.0 Å². The normalized spacial score (nSPS) is 16.0. The van der Waals surface area contributed by atoms with Crippen LogP contribution in [0.4, 0.5) is 10.1 Å². The van der Waals surface area contributed by atoms with E-state index in [1.807, 2.05) is 4.90 Å². The van der Waals surface area contributed by atoms with E-state index < -0.39 is 5.82 Å². The minimum Gasteiger partial charge on any atom is -0.466 e. The molecule has 20 heavy (non-hydrogen) atoms. The Labute approximate surface area is 117 Å². The standard InChI is InChI=1S/C15H18FNO3/c1-2-20-15(19)11-5-7-17(8-6-11)13-4-3-12(10-18)14(16)9-13/h3-4,9-11H,2,5-8H2,1H3. The van der Waals surface area contributed by atoms with Crippen LogP contribution in [-0.2, 0) is 9.53 Å². The highest BCUT2D eigenvalue weighted by Crippen LogP contribution is 2.25. The summed E-state index contributed by atoms with van der Waals surface area (Å²) in [7, 11) is 0. The Morgan fingerprint density at radius 3 is 2.70 bits per heavy atom. The second-order valence-electron chi connectivity index (χ2n) is 4.84. The van der Waals surface area contributed by atoms with Crippen molar-refractivity contribution in [1.82, 2.24) is 0 Å². The van der Waals surface area contributed by atoms with Crippen molar-refractivity contribution in [2.75, 3.05) is 24.6 Å². The van der Waals surface area contributed by atoms with Gasteiger partial charge in [-0.3, -0.25) is 9.59 Å². The van der Waals surface area contributed by atoms with E-state index in [2.05, 4.69) is 0 Å². The van der Waals surface area contributed by atoms with E-state index in [1.54, 1.807) is 13.0 Å². The summed E-state index contributed by atoms with van der Waals surface area (Å²) < 4.78 is 18.6. The first kappa shape index (κ1) is 14.5. The van der Waals surface area contributed by atoms with Crippen LogP contribution in [0.15, 0.2) is 18.2 Å². The number of anilines is 1. The zero-order valence-electron chi connectivity index (χ0n) is 11.5. The van der Waals surface area contributed by atoms with Gasteiger partial charge < -0.3 is 9.64 Å². The Balaban J connectivity index is 1.98. The molecule has 0 aromatic heterocycles. The summed E-state index contributed by atoms with van der Waals surface area (Å²) in [6, 6.07) is 4.58. The lowest BCUT2D eigenvalue weighted by Gasteiger charge is -2.32. The first-order valence-electron chi connectivity index (χ1n) is 6.82. The zero-order chi connectivity index (χ0) is 14.5. The first-order valence-corrected chi connectivity index (χ1v) is 6.82. The number of halogens is 1. The maximum Gasteiger partial charge on any atom is 0.309 e. The molecule has 1 aromatic carbocycles. The van der Waals surface area contributed by atoms with Crippen LogP contribution in [0.25, 0.3) is 0 Å². The number of hydrogen-bond donors (Lipinski definition) is 0. The summed E-state index contributed by atoms with van der Waals surface area (Å²) >= 11 is 0. The maximum atomic E-state index is 13.6. The number of nitrogens with zero attached hydrogens (tertiary/aromatic N) is 1. The van der Waals surface area contributed by atoms with Crippen molar-refractivity contribution in [2.45, 2.75) is 19.8 Å². The highest BCUT2D eigenvalue weighted by atomic mass is 19.1. The predicted molar refractivity (Wildman–Crippen MR) is 73.4 cm³/mol. The topological polar surface area (TPSA) is 46.6 Å². The Kier molecular flexibility index (Phi) is 4.71. The van der Waals surface area contributed by atoms with Gasteiger partial charge in [0.1, 0.15) is 5.82 Å². The Hall–Kier alpha value is -1.91.